The van der Waals surface area contributed by atoms with E-state index in [2.05, 4.69) is 5.32 Å². The van der Waals surface area contributed by atoms with Crippen LogP contribution in [0.2, 0.25) is 0 Å². The second-order valence-corrected chi connectivity index (χ2v) is 10.7. The van der Waals surface area contributed by atoms with Crippen molar-refractivity contribution in [3.8, 4) is 16.9 Å². The summed E-state index contributed by atoms with van der Waals surface area (Å²) in [6.45, 7) is 11.3. The number of carboxylic acids is 1. The molecule has 0 radical (unpaired) electrons. The Hall–Kier alpha value is -2.86. The zero-order valence-electron chi connectivity index (χ0n) is 21.0. The quantitative estimate of drug-likeness (QED) is 0.557. The fourth-order valence-corrected chi connectivity index (χ4v) is 5.20. The number of carboxylic acid groups (broad SMARTS) is 1. The Morgan fingerprint density at radius 2 is 1.68 bits per heavy atom. The molecule has 2 aromatic rings. The molecule has 1 fully saturated rings. The van der Waals surface area contributed by atoms with Crippen molar-refractivity contribution < 1.29 is 24.2 Å². The second-order valence-electron chi connectivity index (χ2n) is 10.7. The summed E-state index contributed by atoms with van der Waals surface area (Å²) in [5.41, 5.74) is 3.82. The van der Waals surface area contributed by atoms with Crippen LogP contribution in [0.3, 0.4) is 0 Å². The van der Waals surface area contributed by atoms with Crippen molar-refractivity contribution in [2.24, 2.45) is 0 Å². The molecule has 1 aliphatic carbocycles. The molecule has 2 N–H and O–H groups in total. The normalized spacial score (nSPS) is 18.1. The number of benzene rings is 2. The predicted molar refractivity (Wildman–Crippen MR) is 132 cm³/mol. The first kappa shape index (κ1) is 24.3. The lowest BCUT2D eigenvalue weighted by Gasteiger charge is -2.42. The summed E-state index contributed by atoms with van der Waals surface area (Å²) in [6.07, 6.45) is 3.16. The Balaban J connectivity index is 1.99. The van der Waals surface area contributed by atoms with E-state index in [1.54, 1.807) is 0 Å². The van der Waals surface area contributed by atoms with Crippen LogP contribution >= 0.6 is 0 Å². The number of hydrogen-bond acceptors (Lipinski definition) is 4. The number of ether oxygens (including phenoxy) is 2. The standard InChI is InChI=1S/C28H35NO5/c1-16-10-12-19(13-11-16)20-18(3)23-22(29-26(32)28(34-23)14-8-7-9-15-28)17(2)21(20)24(25(30)31)33-27(4,5)6/h10-13,24H,7-9,14-15H2,1-6H3,(H,29,32)(H,30,31). The molecule has 2 aromatic carbocycles. The molecule has 4 rings (SSSR count). The first-order valence-corrected chi connectivity index (χ1v) is 12.1. The minimum Gasteiger partial charge on any atom is -0.479 e. The average molecular weight is 466 g/mol. The van der Waals surface area contributed by atoms with Crippen LogP contribution in [0, 0.1) is 20.8 Å². The maximum absolute atomic E-state index is 13.2. The minimum atomic E-state index is -1.21. The molecule has 1 amide bonds. The molecule has 1 heterocycles. The minimum absolute atomic E-state index is 0.139. The third-order valence-corrected chi connectivity index (χ3v) is 6.90. The van der Waals surface area contributed by atoms with Gasteiger partial charge in [-0.15, -0.1) is 0 Å². The second kappa shape index (κ2) is 8.73. The van der Waals surface area contributed by atoms with E-state index < -0.39 is 23.3 Å². The van der Waals surface area contributed by atoms with Gasteiger partial charge in [0.2, 0.25) is 0 Å². The van der Waals surface area contributed by atoms with E-state index in [1.807, 2.05) is 65.8 Å². The van der Waals surface area contributed by atoms with Crippen LogP contribution in [0.15, 0.2) is 24.3 Å². The highest BCUT2D eigenvalue weighted by Crippen LogP contribution is 2.50. The number of aliphatic carboxylic acids is 1. The van der Waals surface area contributed by atoms with Gasteiger partial charge in [0.1, 0.15) is 5.75 Å². The fourth-order valence-electron chi connectivity index (χ4n) is 5.20. The van der Waals surface area contributed by atoms with E-state index >= 15 is 0 Å². The number of carbonyl (C=O) groups is 2. The number of anilines is 1. The molecule has 182 valence electrons. The van der Waals surface area contributed by atoms with Gasteiger partial charge in [-0.05, 0) is 83.9 Å². The fraction of sp³-hybridized carbons (Fsp3) is 0.500. The van der Waals surface area contributed by atoms with E-state index in [-0.39, 0.29) is 5.91 Å². The molecule has 1 atom stereocenters. The number of hydrogen-bond donors (Lipinski definition) is 2. The number of aryl methyl sites for hydroxylation is 1. The SMILES string of the molecule is Cc1ccc(-c2c(C)c3c(c(C)c2C(OC(C)(C)C)C(=O)O)NC(=O)C2(CCCCC2)O3)cc1. The molecule has 1 spiro atoms. The summed E-state index contributed by atoms with van der Waals surface area (Å²) >= 11 is 0. The monoisotopic (exact) mass is 465 g/mol. The third kappa shape index (κ3) is 4.31. The average Bonchev–Trinajstić information content (AvgIpc) is 2.77. The Kier molecular flexibility index (Phi) is 6.23. The Labute approximate surface area is 201 Å². The molecule has 1 saturated carbocycles. The first-order chi connectivity index (χ1) is 15.9. The lowest BCUT2D eigenvalue weighted by atomic mass is 9.81. The molecular weight excluding hydrogens is 430 g/mol. The first-order valence-electron chi connectivity index (χ1n) is 12.1. The lowest BCUT2D eigenvalue weighted by Crippen LogP contribution is -2.52. The number of carbonyl (C=O) groups excluding carboxylic acids is 1. The van der Waals surface area contributed by atoms with Gasteiger partial charge in [-0.2, -0.15) is 0 Å². The van der Waals surface area contributed by atoms with Crippen LogP contribution in [0.5, 0.6) is 5.75 Å². The van der Waals surface area contributed by atoms with Gasteiger partial charge < -0.3 is 19.9 Å². The van der Waals surface area contributed by atoms with Gasteiger partial charge in [0.15, 0.2) is 11.7 Å². The van der Waals surface area contributed by atoms with Crippen LogP contribution in [0.25, 0.3) is 11.1 Å². The van der Waals surface area contributed by atoms with E-state index in [0.29, 0.717) is 35.4 Å². The summed E-state index contributed by atoms with van der Waals surface area (Å²) in [6, 6.07) is 8.03. The van der Waals surface area contributed by atoms with Crippen molar-refractivity contribution in [2.45, 2.75) is 91.0 Å². The summed E-state index contributed by atoms with van der Waals surface area (Å²) in [5, 5.41) is 13.3. The lowest BCUT2D eigenvalue weighted by molar-refractivity contribution is -0.160. The van der Waals surface area contributed by atoms with Crippen molar-refractivity contribution in [3.63, 3.8) is 0 Å². The Bertz CT molecular complexity index is 1120. The van der Waals surface area contributed by atoms with Crippen LogP contribution in [-0.2, 0) is 14.3 Å². The third-order valence-electron chi connectivity index (χ3n) is 6.90. The highest BCUT2D eigenvalue weighted by atomic mass is 16.5. The summed E-state index contributed by atoms with van der Waals surface area (Å²) in [4.78, 5) is 25.8. The summed E-state index contributed by atoms with van der Waals surface area (Å²) in [7, 11) is 0. The van der Waals surface area contributed by atoms with Crippen molar-refractivity contribution in [1.82, 2.24) is 0 Å². The van der Waals surface area contributed by atoms with Crippen molar-refractivity contribution in [1.29, 1.82) is 0 Å². The topological polar surface area (TPSA) is 84.9 Å². The molecule has 0 aromatic heterocycles. The molecule has 6 nitrogen and oxygen atoms in total. The maximum Gasteiger partial charge on any atom is 0.337 e. The number of nitrogens with one attached hydrogen (secondary N) is 1. The van der Waals surface area contributed by atoms with Crippen molar-refractivity contribution >= 4 is 17.6 Å². The van der Waals surface area contributed by atoms with Gasteiger partial charge >= 0.3 is 5.97 Å². The molecule has 34 heavy (non-hydrogen) atoms. The Morgan fingerprint density at radius 1 is 1.06 bits per heavy atom. The van der Waals surface area contributed by atoms with Crippen LogP contribution in [0.4, 0.5) is 5.69 Å². The molecule has 6 heteroatoms. The number of fused-ring (bicyclic) bond motifs is 1. The van der Waals surface area contributed by atoms with Crippen molar-refractivity contribution in [3.05, 3.63) is 46.5 Å². The molecule has 1 aliphatic heterocycles. The van der Waals surface area contributed by atoms with E-state index in [9.17, 15) is 14.7 Å². The van der Waals surface area contributed by atoms with Gasteiger partial charge in [0, 0.05) is 11.1 Å². The molecule has 2 aliphatic rings. The summed E-state index contributed by atoms with van der Waals surface area (Å²) in [5.74, 6) is -0.574. The van der Waals surface area contributed by atoms with E-state index in [4.69, 9.17) is 9.47 Å². The van der Waals surface area contributed by atoms with Gasteiger partial charge in [-0.25, -0.2) is 4.79 Å². The smallest absolute Gasteiger partial charge is 0.337 e. The van der Waals surface area contributed by atoms with Crippen LogP contribution < -0.4 is 10.1 Å². The number of rotatable bonds is 4. The zero-order chi connectivity index (χ0) is 24.8. The zero-order valence-corrected chi connectivity index (χ0v) is 21.0. The van der Waals surface area contributed by atoms with Crippen LogP contribution in [-0.4, -0.2) is 28.2 Å². The largest absolute Gasteiger partial charge is 0.479 e. The van der Waals surface area contributed by atoms with Gasteiger partial charge in [-0.1, -0.05) is 36.2 Å². The number of amides is 1. The summed E-state index contributed by atoms with van der Waals surface area (Å²) < 4.78 is 12.6. The van der Waals surface area contributed by atoms with Gasteiger partial charge in [0.05, 0.1) is 11.3 Å². The van der Waals surface area contributed by atoms with Crippen molar-refractivity contribution in [2.75, 3.05) is 5.32 Å². The Morgan fingerprint density at radius 3 is 2.24 bits per heavy atom. The van der Waals surface area contributed by atoms with E-state index in [0.717, 1.165) is 41.5 Å². The molecular formula is C28H35NO5. The predicted octanol–water partition coefficient (Wildman–Crippen LogP) is 6.25. The molecule has 1 unspecified atom stereocenters. The highest BCUT2D eigenvalue weighted by molar-refractivity contribution is 6.03. The molecule has 0 saturated heterocycles. The molecule has 0 bridgehead atoms. The maximum atomic E-state index is 13.2. The van der Waals surface area contributed by atoms with E-state index in [1.165, 1.54) is 0 Å². The highest BCUT2D eigenvalue weighted by Gasteiger charge is 2.47. The van der Waals surface area contributed by atoms with Gasteiger partial charge in [-0.3, -0.25) is 4.79 Å². The van der Waals surface area contributed by atoms with Gasteiger partial charge in [0.25, 0.3) is 5.91 Å². The van der Waals surface area contributed by atoms with Crippen LogP contribution in [0.1, 0.15) is 81.2 Å².